The first kappa shape index (κ1) is 14.8. The lowest BCUT2D eigenvalue weighted by atomic mass is 10.1. The first-order valence-corrected chi connectivity index (χ1v) is 7.95. The van der Waals surface area contributed by atoms with E-state index in [1.165, 1.54) is 11.1 Å². The molecule has 1 aromatic heterocycles. The van der Waals surface area contributed by atoms with Crippen molar-refractivity contribution in [3.8, 4) is 0 Å². The van der Waals surface area contributed by atoms with Gasteiger partial charge in [-0.05, 0) is 41.9 Å². The van der Waals surface area contributed by atoms with Gasteiger partial charge in [0.25, 0.3) is 5.91 Å². The van der Waals surface area contributed by atoms with Crippen molar-refractivity contribution in [2.75, 3.05) is 14.1 Å². The molecule has 3 aromatic rings. The van der Waals surface area contributed by atoms with Crippen molar-refractivity contribution in [1.29, 1.82) is 0 Å². The molecule has 0 bridgehead atoms. The number of hydrogen-bond acceptors (Lipinski definition) is 4. The van der Waals surface area contributed by atoms with Gasteiger partial charge < -0.3 is 4.90 Å². The van der Waals surface area contributed by atoms with Crippen molar-refractivity contribution in [2.24, 2.45) is 0 Å². The van der Waals surface area contributed by atoms with Crippen LogP contribution in [0.3, 0.4) is 0 Å². The van der Waals surface area contributed by atoms with E-state index in [2.05, 4.69) is 45.6 Å². The molecule has 2 aromatic carbocycles. The highest BCUT2D eigenvalue weighted by atomic mass is 16.2. The topological polar surface area (TPSA) is 65.1 Å². The van der Waals surface area contributed by atoms with Crippen LogP contribution >= 0.6 is 0 Å². The summed E-state index contributed by atoms with van der Waals surface area (Å²) in [6.45, 7) is 2.57. The lowest BCUT2D eigenvalue weighted by Crippen LogP contribution is -2.26. The second-order valence-corrected chi connectivity index (χ2v) is 6.46. The average molecular weight is 321 g/mol. The quantitative estimate of drug-likeness (QED) is 0.803. The molecule has 1 amide bonds. The number of carbonyl (C=O) groups is 1. The van der Waals surface area contributed by atoms with Crippen molar-refractivity contribution < 1.29 is 4.79 Å². The molecule has 0 saturated heterocycles. The Bertz CT molecular complexity index is 917. The Morgan fingerprint density at radius 2 is 1.92 bits per heavy atom. The molecule has 6 nitrogen and oxygen atoms in total. The van der Waals surface area contributed by atoms with Crippen LogP contribution < -0.4 is 0 Å². The highest BCUT2D eigenvalue weighted by molar-refractivity contribution is 5.97. The number of aromatic amines is 1. The number of rotatable bonds is 3. The Hall–Kier alpha value is -2.73. The van der Waals surface area contributed by atoms with Crippen LogP contribution in [0.1, 0.15) is 27.0 Å². The monoisotopic (exact) mass is 321 g/mol. The van der Waals surface area contributed by atoms with Gasteiger partial charge in [-0.25, -0.2) is 0 Å². The maximum Gasteiger partial charge on any atom is 0.253 e. The Kier molecular flexibility index (Phi) is 3.54. The molecule has 24 heavy (non-hydrogen) atoms. The summed E-state index contributed by atoms with van der Waals surface area (Å²) < 4.78 is 0. The summed E-state index contributed by atoms with van der Waals surface area (Å²) in [4.78, 5) is 16.7. The van der Waals surface area contributed by atoms with Crippen molar-refractivity contribution >= 4 is 16.9 Å². The molecule has 0 fully saturated rings. The van der Waals surface area contributed by atoms with E-state index in [4.69, 9.17) is 0 Å². The molecular formula is C18H19N5O. The summed E-state index contributed by atoms with van der Waals surface area (Å²) in [5, 5.41) is 10.6. The van der Waals surface area contributed by atoms with E-state index in [1.807, 2.05) is 13.1 Å². The molecule has 2 heterocycles. The van der Waals surface area contributed by atoms with Gasteiger partial charge in [0.2, 0.25) is 0 Å². The maximum atomic E-state index is 12.7. The van der Waals surface area contributed by atoms with Crippen molar-refractivity contribution in [1.82, 2.24) is 25.2 Å². The van der Waals surface area contributed by atoms with Gasteiger partial charge in [0.1, 0.15) is 11.0 Å². The van der Waals surface area contributed by atoms with E-state index in [9.17, 15) is 4.79 Å². The van der Waals surface area contributed by atoms with Crippen LogP contribution in [0.2, 0.25) is 0 Å². The van der Waals surface area contributed by atoms with Gasteiger partial charge in [-0.3, -0.25) is 9.69 Å². The fourth-order valence-corrected chi connectivity index (χ4v) is 3.26. The lowest BCUT2D eigenvalue weighted by molar-refractivity contribution is 0.0785. The summed E-state index contributed by atoms with van der Waals surface area (Å²) in [7, 11) is 3.95. The minimum Gasteiger partial charge on any atom is -0.337 e. The van der Waals surface area contributed by atoms with Crippen molar-refractivity contribution in [2.45, 2.75) is 19.6 Å². The van der Waals surface area contributed by atoms with Gasteiger partial charge in [0.15, 0.2) is 0 Å². The van der Waals surface area contributed by atoms with E-state index >= 15 is 0 Å². The van der Waals surface area contributed by atoms with Crippen molar-refractivity contribution in [3.63, 3.8) is 0 Å². The highest BCUT2D eigenvalue weighted by Gasteiger charge is 2.17. The Morgan fingerprint density at radius 1 is 1.12 bits per heavy atom. The number of amides is 1. The lowest BCUT2D eigenvalue weighted by Gasteiger charge is -2.18. The van der Waals surface area contributed by atoms with E-state index in [1.54, 1.807) is 17.0 Å². The second-order valence-electron chi connectivity index (χ2n) is 6.46. The summed E-state index contributed by atoms with van der Waals surface area (Å²) in [6.07, 6.45) is 0. The number of nitrogens with zero attached hydrogens (tertiary/aromatic N) is 4. The van der Waals surface area contributed by atoms with Gasteiger partial charge in [-0.15, -0.1) is 0 Å². The number of nitrogens with one attached hydrogen (secondary N) is 1. The second kappa shape index (κ2) is 5.72. The third-order valence-corrected chi connectivity index (χ3v) is 4.48. The molecular weight excluding hydrogens is 302 g/mol. The number of aromatic nitrogens is 3. The number of benzene rings is 2. The molecule has 0 radical (unpaired) electrons. The average Bonchev–Trinajstić information content (AvgIpc) is 3.17. The smallest absolute Gasteiger partial charge is 0.253 e. The zero-order valence-electron chi connectivity index (χ0n) is 13.8. The molecule has 0 unspecified atom stereocenters. The molecule has 1 N–H and O–H groups in total. The van der Waals surface area contributed by atoms with E-state index in [0.29, 0.717) is 17.6 Å². The minimum atomic E-state index is -0.0162. The molecule has 122 valence electrons. The first-order valence-electron chi connectivity index (χ1n) is 7.95. The molecule has 6 heteroatoms. The fourth-order valence-electron chi connectivity index (χ4n) is 3.26. The number of H-pyrrole nitrogens is 1. The zero-order valence-corrected chi connectivity index (χ0v) is 13.8. The molecule has 4 rings (SSSR count). The van der Waals surface area contributed by atoms with Crippen LogP contribution in [0.4, 0.5) is 0 Å². The summed E-state index contributed by atoms with van der Waals surface area (Å²) >= 11 is 0. The van der Waals surface area contributed by atoms with Crippen molar-refractivity contribution in [3.05, 3.63) is 58.7 Å². The summed E-state index contributed by atoms with van der Waals surface area (Å²) in [5.41, 5.74) is 5.99. The SMILES string of the molecule is CN1Cc2ccc(CN(C)C(=O)c3ccc4n[nH]nc4c3)cc2C1. The van der Waals surface area contributed by atoms with E-state index in [-0.39, 0.29) is 5.91 Å². The van der Waals surface area contributed by atoms with Gasteiger partial charge in [-0.2, -0.15) is 15.4 Å². The van der Waals surface area contributed by atoms with E-state index in [0.717, 1.165) is 24.2 Å². The predicted molar refractivity (Wildman–Crippen MR) is 91.3 cm³/mol. The summed E-state index contributed by atoms with van der Waals surface area (Å²) in [6, 6.07) is 11.9. The number of carbonyl (C=O) groups excluding carboxylic acids is 1. The highest BCUT2D eigenvalue weighted by Crippen LogP contribution is 2.23. The largest absolute Gasteiger partial charge is 0.337 e. The third kappa shape index (κ3) is 2.65. The zero-order chi connectivity index (χ0) is 16.7. The molecule has 0 atom stereocenters. The Morgan fingerprint density at radius 3 is 2.79 bits per heavy atom. The van der Waals surface area contributed by atoms with Crippen LogP contribution in [-0.4, -0.2) is 45.2 Å². The Balaban J connectivity index is 1.52. The van der Waals surface area contributed by atoms with Gasteiger partial charge in [-0.1, -0.05) is 18.2 Å². The maximum absolute atomic E-state index is 12.7. The number of fused-ring (bicyclic) bond motifs is 2. The van der Waals surface area contributed by atoms with Crippen LogP contribution in [0, 0.1) is 0 Å². The van der Waals surface area contributed by atoms with Gasteiger partial charge >= 0.3 is 0 Å². The fraction of sp³-hybridized carbons (Fsp3) is 0.278. The van der Waals surface area contributed by atoms with Crippen LogP contribution in [0.15, 0.2) is 36.4 Å². The Labute approximate surface area is 140 Å². The standard InChI is InChI=1S/C18H19N5O/c1-22-10-14-4-3-12(7-15(14)11-22)9-23(2)18(24)13-5-6-16-17(8-13)20-21-19-16/h3-8H,9-11H2,1-2H3,(H,19,20,21). The number of hydrogen-bond donors (Lipinski definition) is 1. The molecule has 0 aliphatic carbocycles. The molecule has 1 aliphatic heterocycles. The molecule has 0 spiro atoms. The van der Waals surface area contributed by atoms with Gasteiger partial charge in [0, 0.05) is 32.2 Å². The molecule has 0 saturated carbocycles. The predicted octanol–water partition coefficient (Wildman–Crippen LogP) is 2.18. The first-order chi connectivity index (χ1) is 11.6. The third-order valence-electron chi connectivity index (χ3n) is 4.48. The summed E-state index contributed by atoms with van der Waals surface area (Å²) in [5.74, 6) is -0.0162. The van der Waals surface area contributed by atoms with Crippen LogP contribution in [0.25, 0.3) is 11.0 Å². The van der Waals surface area contributed by atoms with Crippen LogP contribution in [0.5, 0.6) is 0 Å². The molecule has 1 aliphatic rings. The van der Waals surface area contributed by atoms with E-state index < -0.39 is 0 Å². The van der Waals surface area contributed by atoms with Crippen LogP contribution in [-0.2, 0) is 19.6 Å². The van der Waals surface area contributed by atoms with Gasteiger partial charge in [0.05, 0.1) is 0 Å². The minimum absolute atomic E-state index is 0.0162. The normalized spacial score (nSPS) is 14.1.